The largest absolute Gasteiger partial charge is 0.399 e. The summed E-state index contributed by atoms with van der Waals surface area (Å²) in [5.41, 5.74) is 6.15. The maximum atomic E-state index is 13.7. The van der Waals surface area contributed by atoms with Crippen molar-refractivity contribution in [3.05, 3.63) is 64.0 Å². The summed E-state index contributed by atoms with van der Waals surface area (Å²) in [5, 5.41) is 10.9. The normalized spacial score (nSPS) is 12.0. The van der Waals surface area contributed by atoms with E-state index in [1.165, 1.54) is 18.2 Å². The number of nitro benzene ring substituents is 1. The minimum absolute atomic E-state index is 0.0210. The summed E-state index contributed by atoms with van der Waals surface area (Å²) >= 11 is 0. The van der Waals surface area contributed by atoms with Crippen LogP contribution >= 0.6 is 0 Å². The van der Waals surface area contributed by atoms with Crippen LogP contribution in [0.2, 0.25) is 0 Å². The summed E-state index contributed by atoms with van der Waals surface area (Å²) in [6, 6.07) is 10.2. The lowest BCUT2D eigenvalue weighted by Gasteiger charge is -2.05. The average Bonchev–Trinajstić information content (AvgIpc) is 2.45. The topological polar surface area (TPSA) is 86.2 Å². The second kappa shape index (κ2) is 6.45. The molecule has 0 aromatic heterocycles. The molecule has 0 bridgehead atoms. The number of aryl methyl sites for hydroxylation is 1. The third-order valence-electron chi connectivity index (χ3n) is 2.95. The summed E-state index contributed by atoms with van der Waals surface area (Å²) in [6.07, 6.45) is 0.230. The Balaban J connectivity index is 2.13. The molecule has 1 unspecified atom stereocenters. The van der Waals surface area contributed by atoms with E-state index in [0.29, 0.717) is 5.56 Å². The SMILES string of the molecule is Nc1ccc(S(=O)CCc2ccccc2[N+](=O)[O-])c(F)c1. The standard InChI is InChI=1S/C14H13FN2O3S/c15-12-9-11(16)5-6-14(12)21(20)8-7-10-3-1-2-4-13(10)17(18)19/h1-6,9H,7-8,16H2. The quantitative estimate of drug-likeness (QED) is 0.522. The third kappa shape index (κ3) is 3.63. The molecule has 0 amide bonds. The zero-order valence-corrected chi connectivity index (χ0v) is 11.8. The summed E-state index contributed by atoms with van der Waals surface area (Å²) in [7, 11) is -1.58. The minimum Gasteiger partial charge on any atom is -0.399 e. The van der Waals surface area contributed by atoms with Crippen LogP contribution < -0.4 is 5.73 Å². The van der Waals surface area contributed by atoms with Crippen molar-refractivity contribution < 1.29 is 13.5 Å². The van der Waals surface area contributed by atoms with Crippen molar-refractivity contribution in [2.75, 3.05) is 11.5 Å². The van der Waals surface area contributed by atoms with E-state index in [1.54, 1.807) is 18.2 Å². The molecular weight excluding hydrogens is 295 g/mol. The molecule has 21 heavy (non-hydrogen) atoms. The van der Waals surface area contributed by atoms with Crippen LogP contribution in [-0.2, 0) is 17.2 Å². The predicted molar refractivity (Wildman–Crippen MR) is 78.9 cm³/mol. The highest BCUT2D eigenvalue weighted by Gasteiger charge is 2.15. The van der Waals surface area contributed by atoms with Gasteiger partial charge in [0.15, 0.2) is 0 Å². The van der Waals surface area contributed by atoms with Gasteiger partial charge in [0.2, 0.25) is 0 Å². The van der Waals surface area contributed by atoms with Gasteiger partial charge in [0, 0.05) is 23.1 Å². The van der Waals surface area contributed by atoms with Crippen molar-refractivity contribution in [2.45, 2.75) is 11.3 Å². The van der Waals surface area contributed by atoms with E-state index in [-0.39, 0.29) is 28.4 Å². The van der Waals surface area contributed by atoms with Crippen molar-refractivity contribution in [3.8, 4) is 0 Å². The first-order valence-corrected chi connectivity index (χ1v) is 7.46. The smallest absolute Gasteiger partial charge is 0.272 e. The number of nitro groups is 1. The molecule has 2 aromatic carbocycles. The molecule has 7 heteroatoms. The van der Waals surface area contributed by atoms with E-state index in [9.17, 15) is 18.7 Å². The fourth-order valence-corrected chi connectivity index (χ4v) is 3.04. The van der Waals surface area contributed by atoms with Gasteiger partial charge in [-0.2, -0.15) is 0 Å². The Morgan fingerprint density at radius 3 is 2.62 bits per heavy atom. The Morgan fingerprint density at radius 1 is 1.24 bits per heavy atom. The maximum Gasteiger partial charge on any atom is 0.272 e. The fourth-order valence-electron chi connectivity index (χ4n) is 1.91. The van der Waals surface area contributed by atoms with Gasteiger partial charge in [-0.1, -0.05) is 18.2 Å². The number of nitrogens with two attached hydrogens (primary N) is 1. The molecule has 0 radical (unpaired) electrons. The summed E-state index contributed by atoms with van der Waals surface area (Å²) < 4.78 is 25.7. The van der Waals surface area contributed by atoms with E-state index in [4.69, 9.17) is 5.73 Å². The Kier molecular flexibility index (Phi) is 4.64. The van der Waals surface area contributed by atoms with Crippen molar-refractivity contribution >= 4 is 22.2 Å². The van der Waals surface area contributed by atoms with Crippen molar-refractivity contribution in [3.63, 3.8) is 0 Å². The second-order valence-corrected chi connectivity index (χ2v) is 5.91. The molecule has 1 atom stereocenters. The molecule has 0 heterocycles. The number of para-hydroxylation sites is 1. The van der Waals surface area contributed by atoms with Crippen molar-refractivity contribution in [2.24, 2.45) is 0 Å². The number of nitrogen functional groups attached to an aromatic ring is 1. The highest BCUT2D eigenvalue weighted by Crippen LogP contribution is 2.20. The summed E-state index contributed by atoms with van der Waals surface area (Å²) in [4.78, 5) is 10.5. The van der Waals surface area contributed by atoms with Gasteiger partial charge in [-0.05, 0) is 24.6 Å². The number of hydrogen-bond donors (Lipinski definition) is 1. The zero-order valence-electron chi connectivity index (χ0n) is 11.0. The number of anilines is 1. The lowest BCUT2D eigenvalue weighted by Crippen LogP contribution is -2.06. The molecule has 0 saturated heterocycles. The second-order valence-electron chi connectivity index (χ2n) is 4.38. The van der Waals surface area contributed by atoms with Gasteiger partial charge in [-0.25, -0.2) is 4.39 Å². The molecular formula is C14H13FN2O3S. The number of nitrogens with zero attached hydrogens (tertiary/aromatic N) is 1. The number of hydrogen-bond acceptors (Lipinski definition) is 4. The molecule has 0 aliphatic rings. The van der Waals surface area contributed by atoms with Crippen LogP contribution in [0.5, 0.6) is 0 Å². The third-order valence-corrected chi connectivity index (χ3v) is 4.34. The zero-order chi connectivity index (χ0) is 15.4. The Bertz CT molecular complexity index is 706. The van der Waals surface area contributed by atoms with E-state index in [2.05, 4.69) is 0 Å². The number of halogens is 1. The molecule has 2 aromatic rings. The Morgan fingerprint density at radius 2 is 1.95 bits per heavy atom. The minimum atomic E-state index is -1.58. The van der Waals surface area contributed by atoms with Gasteiger partial charge in [0.25, 0.3) is 5.69 Å². The highest BCUT2D eigenvalue weighted by atomic mass is 32.2. The van der Waals surface area contributed by atoms with E-state index >= 15 is 0 Å². The maximum absolute atomic E-state index is 13.7. The van der Waals surface area contributed by atoms with Gasteiger partial charge >= 0.3 is 0 Å². The molecule has 5 nitrogen and oxygen atoms in total. The summed E-state index contributed by atoms with van der Waals surface area (Å²) in [5.74, 6) is -0.526. The first-order valence-electron chi connectivity index (χ1n) is 6.14. The average molecular weight is 308 g/mol. The molecule has 0 saturated carbocycles. The number of benzene rings is 2. The molecule has 110 valence electrons. The van der Waals surface area contributed by atoms with Crippen LogP contribution in [0.25, 0.3) is 0 Å². The van der Waals surface area contributed by atoms with Crippen LogP contribution in [0.4, 0.5) is 15.8 Å². The first kappa shape index (κ1) is 15.1. The predicted octanol–water partition coefficient (Wildman–Crippen LogP) is 2.67. The van der Waals surface area contributed by atoms with Crippen molar-refractivity contribution in [1.29, 1.82) is 0 Å². The fraction of sp³-hybridized carbons (Fsp3) is 0.143. The van der Waals surface area contributed by atoms with Crippen LogP contribution in [0.3, 0.4) is 0 Å². The van der Waals surface area contributed by atoms with Gasteiger partial charge in [-0.3, -0.25) is 14.3 Å². The van der Waals surface area contributed by atoms with Crippen LogP contribution in [-0.4, -0.2) is 14.9 Å². The highest BCUT2D eigenvalue weighted by molar-refractivity contribution is 7.85. The lowest BCUT2D eigenvalue weighted by atomic mass is 10.1. The van der Waals surface area contributed by atoms with Gasteiger partial charge in [0.1, 0.15) is 5.82 Å². The van der Waals surface area contributed by atoms with E-state index < -0.39 is 21.5 Å². The van der Waals surface area contributed by atoms with Crippen LogP contribution in [0, 0.1) is 15.9 Å². The molecule has 2 rings (SSSR count). The molecule has 0 aliphatic carbocycles. The van der Waals surface area contributed by atoms with Gasteiger partial charge in [0.05, 0.1) is 20.6 Å². The molecule has 0 fully saturated rings. The van der Waals surface area contributed by atoms with Crippen LogP contribution in [0.1, 0.15) is 5.56 Å². The monoisotopic (exact) mass is 308 g/mol. The number of rotatable bonds is 5. The van der Waals surface area contributed by atoms with E-state index in [1.807, 2.05) is 0 Å². The van der Waals surface area contributed by atoms with Crippen molar-refractivity contribution in [1.82, 2.24) is 0 Å². The Hall–Kier alpha value is -2.28. The summed E-state index contributed by atoms with van der Waals surface area (Å²) in [6.45, 7) is 0. The van der Waals surface area contributed by atoms with Gasteiger partial charge in [-0.15, -0.1) is 0 Å². The lowest BCUT2D eigenvalue weighted by molar-refractivity contribution is -0.385. The van der Waals surface area contributed by atoms with E-state index in [0.717, 1.165) is 6.07 Å². The Labute approximate surface area is 123 Å². The molecule has 2 N–H and O–H groups in total. The van der Waals surface area contributed by atoms with Gasteiger partial charge < -0.3 is 5.73 Å². The molecule has 0 aliphatic heterocycles. The van der Waals surface area contributed by atoms with Crippen LogP contribution in [0.15, 0.2) is 47.4 Å². The molecule has 0 spiro atoms. The first-order chi connectivity index (χ1) is 9.99.